The second-order valence-corrected chi connectivity index (χ2v) is 4.48. The Balaban J connectivity index is 2.10. The number of rotatable bonds is 2. The summed E-state index contributed by atoms with van der Waals surface area (Å²) in [6, 6.07) is 1.83. The van der Waals surface area contributed by atoms with E-state index in [9.17, 15) is 0 Å². The molecule has 0 spiro atoms. The number of hydrogen-bond acceptors (Lipinski definition) is 4. The van der Waals surface area contributed by atoms with E-state index in [0.717, 1.165) is 29.1 Å². The van der Waals surface area contributed by atoms with E-state index >= 15 is 0 Å². The second-order valence-electron chi connectivity index (χ2n) is 3.16. The molecule has 0 saturated carbocycles. The van der Waals surface area contributed by atoms with Crippen molar-refractivity contribution in [1.29, 1.82) is 0 Å². The maximum Gasteiger partial charge on any atom is 0.148 e. The van der Waals surface area contributed by atoms with Gasteiger partial charge >= 0.3 is 0 Å². The summed E-state index contributed by atoms with van der Waals surface area (Å²) in [4.78, 5) is 11.0. The molecule has 1 aliphatic heterocycles. The molecule has 15 heavy (non-hydrogen) atoms. The third-order valence-electron chi connectivity index (χ3n) is 2.06. The molecule has 0 amide bonds. The van der Waals surface area contributed by atoms with Crippen LogP contribution >= 0.6 is 27.5 Å². The summed E-state index contributed by atoms with van der Waals surface area (Å²) in [6.45, 7) is 1.45. The van der Waals surface area contributed by atoms with Crippen LogP contribution in [0, 0.1) is 0 Å². The van der Waals surface area contributed by atoms with Gasteiger partial charge in [-0.15, -0.1) is 0 Å². The summed E-state index contributed by atoms with van der Waals surface area (Å²) in [6.07, 6.45) is 1.73. The lowest BCUT2D eigenvalue weighted by Gasteiger charge is -2.33. The van der Waals surface area contributed by atoms with Gasteiger partial charge in [-0.2, -0.15) is 0 Å². The molecule has 0 N–H and O–H groups in total. The summed E-state index contributed by atoms with van der Waals surface area (Å²) in [5, 5.41) is 4.49. The average molecular weight is 291 g/mol. The SMILES string of the molecule is CON=C1CN(c2ncc(Br)cc2Cl)C1. The third kappa shape index (κ3) is 2.23. The number of anilines is 1. The number of hydrogen-bond donors (Lipinski definition) is 0. The molecule has 2 heterocycles. The van der Waals surface area contributed by atoms with Crippen molar-refractivity contribution >= 4 is 39.1 Å². The molecular formula is C9H9BrClN3O. The standard InChI is InChI=1S/C9H9BrClN3O/c1-15-13-7-4-14(5-7)9-8(11)2-6(10)3-12-9/h2-3H,4-5H2,1H3. The molecule has 0 radical (unpaired) electrons. The van der Waals surface area contributed by atoms with Gasteiger partial charge in [0.25, 0.3) is 0 Å². The molecular weight excluding hydrogens is 281 g/mol. The van der Waals surface area contributed by atoms with Crippen LogP contribution in [0.1, 0.15) is 0 Å². The predicted molar refractivity (Wildman–Crippen MR) is 63.6 cm³/mol. The Morgan fingerprint density at radius 1 is 1.60 bits per heavy atom. The molecule has 80 valence electrons. The minimum atomic E-state index is 0.640. The number of nitrogens with zero attached hydrogens (tertiary/aromatic N) is 3. The Hall–Kier alpha value is -0.810. The van der Waals surface area contributed by atoms with Crippen LogP contribution in [0.5, 0.6) is 0 Å². The zero-order valence-corrected chi connectivity index (χ0v) is 10.4. The van der Waals surface area contributed by atoms with Gasteiger partial charge < -0.3 is 9.74 Å². The largest absolute Gasteiger partial charge is 0.399 e. The molecule has 0 aliphatic carbocycles. The molecule has 6 heteroatoms. The summed E-state index contributed by atoms with van der Waals surface area (Å²) < 4.78 is 0.877. The highest BCUT2D eigenvalue weighted by molar-refractivity contribution is 9.10. The monoisotopic (exact) mass is 289 g/mol. The van der Waals surface area contributed by atoms with Crippen LogP contribution in [-0.4, -0.2) is 30.9 Å². The van der Waals surface area contributed by atoms with Crippen molar-refractivity contribution in [3.05, 3.63) is 21.8 Å². The Morgan fingerprint density at radius 2 is 2.33 bits per heavy atom. The lowest BCUT2D eigenvalue weighted by Crippen LogP contribution is -2.48. The highest BCUT2D eigenvalue weighted by atomic mass is 79.9. The zero-order chi connectivity index (χ0) is 10.8. The van der Waals surface area contributed by atoms with Gasteiger partial charge in [0, 0.05) is 10.7 Å². The Morgan fingerprint density at radius 3 is 2.93 bits per heavy atom. The summed E-state index contributed by atoms with van der Waals surface area (Å²) in [5.41, 5.74) is 0.998. The Kier molecular flexibility index (Phi) is 3.11. The maximum atomic E-state index is 6.06. The van der Waals surface area contributed by atoms with E-state index in [0.29, 0.717) is 5.02 Å². The highest BCUT2D eigenvalue weighted by Gasteiger charge is 2.25. The van der Waals surface area contributed by atoms with Crippen molar-refractivity contribution in [2.24, 2.45) is 5.16 Å². The first kappa shape index (κ1) is 10.7. The first-order valence-corrected chi connectivity index (χ1v) is 5.52. The number of aromatic nitrogens is 1. The molecule has 1 saturated heterocycles. The zero-order valence-electron chi connectivity index (χ0n) is 8.07. The van der Waals surface area contributed by atoms with Gasteiger partial charge in [-0.1, -0.05) is 16.8 Å². The lowest BCUT2D eigenvalue weighted by molar-refractivity contribution is 0.211. The number of oxime groups is 1. The van der Waals surface area contributed by atoms with E-state index in [-0.39, 0.29) is 0 Å². The molecule has 1 aliphatic rings. The minimum Gasteiger partial charge on any atom is -0.399 e. The molecule has 0 aromatic carbocycles. The molecule has 0 bridgehead atoms. The summed E-state index contributed by atoms with van der Waals surface area (Å²) in [7, 11) is 1.54. The van der Waals surface area contributed by atoms with E-state index < -0.39 is 0 Å². The van der Waals surface area contributed by atoms with Crippen molar-refractivity contribution in [2.75, 3.05) is 25.1 Å². The molecule has 1 aromatic rings. The minimum absolute atomic E-state index is 0.640. The summed E-state index contributed by atoms with van der Waals surface area (Å²) in [5.74, 6) is 0.787. The van der Waals surface area contributed by atoms with Crippen molar-refractivity contribution in [2.45, 2.75) is 0 Å². The van der Waals surface area contributed by atoms with E-state index in [1.54, 1.807) is 13.3 Å². The van der Waals surface area contributed by atoms with Crippen LogP contribution in [0.3, 0.4) is 0 Å². The third-order valence-corrected chi connectivity index (χ3v) is 2.77. The number of halogens is 2. The topological polar surface area (TPSA) is 37.7 Å². The molecule has 0 unspecified atom stereocenters. The van der Waals surface area contributed by atoms with Gasteiger partial charge in [-0.25, -0.2) is 4.98 Å². The van der Waals surface area contributed by atoms with Crippen LogP contribution in [0.2, 0.25) is 5.02 Å². The van der Waals surface area contributed by atoms with Crippen LogP contribution in [0.25, 0.3) is 0 Å². The van der Waals surface area contributed by atoms with Gasteiger partial charge in [0.1, 0.15) is 12.9 Å². The molecule has 2 rings (SSSR count). The molecule has 4 nitrogen and oxygen atoms in total. The fourth-order valence-corrected chi connectivity index (χ4v) is 2.12. The summed E-state index contributed by atoms with van der Waals surface area (Å²) >= 11 is 9.37. The first-order valence-electron chi connectivity index (χ1n) is 4.35. The smallest absolute Gasteiger partial charge is 0.148 e. The van der Waals surface area contributed by atoms with Gasteiger partial charge in [-0.05, 0) is 22.0 Å². The van der Waals surface area contributed by atoms with E-state index in [1.807, 2.05) is 11.0 Å². The van der Waals surface area contributed by atoms with Gasteiger partial charge in [0.05, 0.1) is 23.8 Å². The fourth-order valence-electron chi connectivity index (χ4n) is 1.37. The van der Waals surface area contributed by atoms with E-state index in [2.05, 4.69) is 30.9 Å². The fraction of sp³-hybridized carbons (Fsp3) is 0.333. The highest BCUT2D eigenvalue weighted by Crippen LogP contribution is 2.28. The van der Waals surface area contributed by atoms with Crippen LogP contribution in [0.15, 0.2) is 21.9 Å². The van der Waals surface area contributed by atoms with Gasteiger partial charge in [0.15, 0.2) is 0 Å². The van der Waals surface area contributed by atoms with Crippen LogP contribution < -0.4 is 4.90 Å². The number of pyridine rings is 1. The van der Waals surface area contributed by atoms with Crippen LogP contribution in [0.4, 0.5) is 5.82 Å². The molecule has 0 atom stereocenters. The van der Waals surface area contributed by atoms with E-state index in [1.165, 1.54) is 0 Å². The first-order chi connectivity index (χ1) is 7.20. The Bertz CT molecular complexity index is 402. The van der Waals surface area contributed by atoms with Crippen molar-refractivity contribution < 1.29 is 4.84 Å². The van der Waals surface area contributed by atoms with Crippen molar-refractivity contribution in [1.82, 2.24) is 4.98 Å². The van der Waals surface area contributed by atoms with E-state index in [4.69, 9.17) is 11.6 Å². The van der Waals surface area contributed by atoms with Crippen molar-refractivity contribution in [3.63, 3.8) is 0 Å². The quantitative estimate of drug-likeness (QED) is 0.785. The van der Waals surface area contributed by atoms with Gasteiger partial charge in [-0.3, -0.25) is 0 Å². The average Bonchev–Trinajstić information content (AvgIpc) is 2.12. The van der Waals surface area contributed by atoms with Crippen LogP contribution in [-0.2, 0) is 4.84 Å². The molecule has 1 aromatic heterocycles. The van der Waals surface area contributed by atoms with Crippen molar-refractivity contribution in [3.8, 4) is 0 Å². The maximum absolute atomic E-state index is 6.06. The van der Waals surface area contributed by atoms with Gasteiger partial charge in [0.2, 0.25) is 0 Å². The normalized spacial score (nSPS) is 14.9. The second kappa shape index (κ2) is 4.37. The predicted octanol–water partition coefficient (Wildman–Crippen LogP) is 2.32. The lowest BCUT2D eigenvalue weighted by atomic mass is 10.2. The Labute approximate surface area is 101 Å². The molecule has 1 fully saturated rings.